The molecule has 3 heteroatoms. The molecule has 0 spiro atoms. The molecule has 0 aliphatic carbocycles. The van der Waals surface area contributed by atoms with Crippen molar-refractivity contribution in [2.75, 3.05) is 17.6 Å². The van der Waals surface area contributed by atoms with Gasteiger partial charge in [0.2, 0.25) is 0 Å². The third kappa shape index (κ3) is 2.91. The summed E-state index contributed by atoms with van der Waals surface area (Å²) in [6.45, 7) is 5.36. The Morgan fingerprint density at radius 3 is 2.71 bits per heavy atom. The van der Waals surface area contributed by atoms with Crippen LogP contribution in [-0.2, 0) is 0 Å². The number of aromatic nitrogens is 1. The van der Waals surface area contributed by atoms with Crippen LogP contribution in [0.15, 0.2) is 18.3 Å². The predicted octanol–water partition coefficient (Wildman–Crippen LogP) is 2.51. The van der Waals surface area contributed by atoms with E-state index < -0.39 is 0 Å². The minimum atomic E-state index is 0.705. The zero-order chi connectivity index (χ0) is 10.4. The fourth-order valence-corrected chi connectivity index (χ4v) is 1.38. The van der Waals surface area contributed by atoms with Gasteiger partial charge in [-0.1, -0.05) is 26.7 Å². The van der Waals surface area contributed by atoms with E-state index in [0.29, 0.717) is 5.92 Å². The molecule has 0 saturated heterocycles. The van der Waals surface area contributed by atoms with Gasteiger partial charge in [-0.15, -0.1) is 0 Å². The lowest BCUT2D eigenvalue weighted by Gasteiger charge is -2.14. The fraction of sp³-hybridized carbons (Fsp3) is 0.545. The summed E-state index contributed by atoms with van der Waals surface area (Å²) >= 11 is 0. The van der Waals surface area contributed by atoms with Crippen molar-refractivity contribution >= 4 is 11.5 Å². The summed E-state index contributed by atoms with van der Waals surface area (Å²) in [5, 5.41) is 3.28. The van der Waals surface area contributed by atoms with Crippen molar-refractivity contribution in [3.05, 3.63) is 18.3 Å². The quantitative estimate of drug-likeness (QED) is 0.755. The van der Waals surface area contributed by atoms with Crippen molar-refractivity contribution in [2.45, 2.75) is 26.7 Å². The Morgan fingerprint density at radius 1 is 1.43 bits per heavy atom. The predicted molar refractivity (Wildman–Crippen MR) is 61.2 cm³/mol. The van der Waals surface area contributed by atoms with Crippen LogP contribution in [0.25, 0.3) is 0 Å². The maximum Gasteiger partial charge on any atom is 0.149 e. The summed E-state index contributed by atoms with van der Waals surface area (Å²) in [6.07, 6.45) is 4.14. The molecule has 1 aromatic rings. The van der Waals surface area contributed by atoms with Gasteiger partial charge in [0, 0.05) is 12.7 Å². The number of nitrogen functional groups attached to an aromatic ring is 1. The highest BCUT2D eigenvalue weighted by Gasteiger charge is 2.04. The molecule has 0 atom stereocenters. The Morgan fingerprint density at radius 2 is 2.14 bits per heavy atom. The highest BCUT2D eigenvalue weighted by atomic mass is 15.0. The Kier molecular flexibility index (Phi) is 4.23. The average molecular weight is 193 g/mol. The molecule has 3 N–H and O–H groups in total. The highest BCUT2D eigenvalue weighted by Crippen LogP contribution is 2.15. The molecule has 0 aliphatic heterocycles. The van der Waals surface area contributed by atoms with Gasteiger partial charge in [0.1, 0.15) is 5.82 Å². The lowest BCUT2D eigenvalue weighted by atomic mass is 10.0. The van der Waals surface area contributed by atoms with Crippen molar-refractivity contribution < 1.29 is 0 Å². The minimum Gasteiger partial charge on any atom is -0.396 e. The molecular weight excluding hydrogens is 174 g/mol. The van der Waals surface area contributed by atoms with Crippen LogP contribution >= 0.6 is 0 Å². The van der Waals surface area contributed by atoms with Crippen LogP contribution in [0.1, 0.15) is 26.7 Å². The van der Waals surface area contributed by atoms with E-state index in [1.807, 2.05) is 12.1 Å². The maximum atomic E-state index is 5.76. The zero-order valence-corrected chi connectivity index (χ0v) is 8.96. The molecule has 0 amide bonds. The van der Waals surface area contributed by atoms with Crippen LogP contribution < -0.4 is 11.1 Å². The largest absolute Gasteiger partial charge is 0.396 e. The summed E-state index contributed by atoms with van der Waals surface area (Å²) in [6, 6.07) is 3.71. The molecule has 0 aliphatic rings. The minimum absolute atomic E-state index is 0.705. The third-order valence-corrected chi connectivity index (χ3v) is 2.55. The molecule has 0 fully saturated rings. The highest BCUT2D eigenvalue weighted by molar-refractivity contribution is 5.60. The number of anilines is 2. The van der Waals surface area contributed by atoms with Gasteiger partial charge in [-0.25, -0.2) is 4.98 Å². The summed E-state index contributed by atoms with van der Waals surface area (Å²) in [5.41, 5.74) is 6.49. The van der Waals surface area contributed by atoms with E-state index in [1.54, 1.807) is 6.20 Å². The van der Waals surface area contributed by atoms with Gasteiger partial charge < -0.3 is 11.1 Å². The van der Waals surface area contributed by atoms with E-state index in [4.69, 9.17) is 5.73 Å². The lowest BCUT2D eigenvalue weighted by Crippen LogP contribution is -2.14. The molecule has 14 heavy (non-hydrogen) atoms. The van der Waals surface area contributed by atoms with E-state index >= 15 is 0 Å². The molecule has 0 saturated carbocycles. The lowest BCUT2D eigenvalue weighted by molar-refractivity contribution is 0.518. The summed E-state index contributed by atoms with van der Waals surface area (Å²) in [7, 11) is 0. The number of hydrogen-bond donors (Lipinski definition) is 2. The Labute approximate surface area is 85.7 Å². The second kappa shape index (κ2) is 5.47. The Balaban J connectivity index is 2.49. The van der Waals surface area contributed by atoms with E-state index in [0.717, 1.165) is 18.1 Å². The fourth-order valence-electron chi connectivity index (χ4n) is 1.38. The van der Waals surface area contributed by atoms with Gasteiger partial charge in [0.05, 0.1) is 5.69 Å². The first kappa shape index (κ1) is 10.8. The van der Waals surface area contributed by atoms with E-state index in [2.05, 4.69) is 24.1 Å². The number of nitrogens with one attached hydrogen (secondary N) is 1. The monoisotopic (exact) mass is 193 g/mol. The van der Waals surface area contributed by atoms with Crippen LogP contribution in [0, 0.1) is 5.92 Å². The molecule has 0 unspecified atom stereocenters. The third-order valence-electron chi connectivity index (χ3n) is 2.55. The molecule has 78 valence electrons. The van der Waals surface area contributed by atoms with Crippen molar-refractivity contribution in [2.24, 2.45) is 5.92 Å². The van der Waals surface area contributed by atoms with E-state index in [1.165, 1.54) is 12.8 Å². The van der Waals surface area contributed by atoms with Gasteiger partial charge in [0.25, 0.3) is 0 Å². The van der Waals surface area contributed by atoms with Crippen LogP contribution in [-0.4, -0.2) is 11.5 Å². The molecule has 1 rings (SSSR count). The van der Waals surface area contributed by atoms with Gasteiger partial charge >= 0.3 is 0 Å². The first-order valence-electron chi connectivity index (χ1n) is 5.22. The molecule has 0 bridgehead atoms. The number of nitrogens with zero attached hydrogens (tertiary/aromatic N) is 1. The summed E-state index contributed by atoms with van der Waals surface area (Å²) < 4.78 is 0. The maximum absolute atomic E-state index is 5.76. The molecule has 0 radical (unpaired) electrons. The topological polar surface area (TPSA) is 50.9 Å². The second-order valence-electron chi connectivity index (χ2n) is 3.50. The zero-order valence-electron chi connectivity index (χ0n) is 8.96. The smallest absolute Gasteiger partial charge is 0.149 e. The van der Waals surface area contributed by atoms with E-state index in [9.17, 15) is 0 Å². The molecular formula is C11H19N3. The van der Waals surface area contributed by atoms with Crippen LogP contribution in [0.2, 0.25) is 0 Å². The normalized spacial score (nSPS) is 10.5. The van der Waals surface area contributed by atoms with Gasteiger partial charge in [-0.3, -0.25) is 0 Å². The second-order valence-corrected chi connectivity index (χ2v) is 3.50. The molecule has 1 heterocycles. The van der Waals surface area contributed by atoms with Crippen molar-refractivity contribution in [3.63, 3.8) is 0 Å². The first-order chi connectivity index (χ1) is 6.77. The average Bonchev–Trinajstić information content (AvgIpc) is 2.22. The first-order valence-corrected chi connectivity index (χ1v) is 5.22. The van der Waals surface area contributed by atoms with Crippen LogP contribution in [0.4, 0.5) is 11.5 Å². The summed E-state index contributed by atoms with van der Waals surface area (Å²) in [4.78, 5) is 4.18. The number of hydrogen-bond acceptors (Lipinski definition) is 3. The number of nitrogens with two attached hydrogens (primary N) is 1. The van der Waals surface area contributed by atoms with Crippen LogP contribution in [0.5, 0.6) is 0 Å². The molecule has 1 aromatic heterocycles. The van der Waals surface area contributed by atoms with Gasteiger partial charge in [-0.2, -0.15) is 0 Å². The van der Waals surface area contributed by atoms with E-state index in [-0.39, 0.29) is 0 Å². The molecule has 3 nitrogen and oxygen atoms in total. The van der Waals surface area contributed by atoms with Gasteiger partial charge in [0.15, 0.2) is 0 Å². The number of rotatable bonds is 5. The Hall–Kier alpha value is -1.25. The Bertz CT molecular complexity index is 269. The standard InChI is InChI=1S/C11H19N3/c1-3-9(4-2)8-14-11-10(12)6-5-7-13-11/h5-7,9H,3-4,8,12H2,1-2H3,(H,13,14). The SMILES string of the molecule is CCC(CC)CNc1ncccc1N. The van der Waals surface area contributed by atoms with Crippen molar-refractivity contribution in [1.29, 1.82) is 0 Å². The van der Waals surface area contributed by atoms with Crippen molar-refractivity contribution in [3.8, 4) is 0 Å². The number of pyridine rings is 1. The molecule has 0 aromatic carbocycles. The van der Waals surface area contributed by atoms with Crippen molar-refractivity contribution in [1.82, 2.24) is 4.98 Å². The van der Waals surface area contributed by atoms with Gasteiger partial charge in [-0.05, 0) is 18.1 Å². The summed E-state index contributed by atoms with van der Waals surface area (Å²) in [5.74, 6) is 1.51. The van der Waals surface area contributed by atoms with Crippen LogP contribution in [0.3, 0.4) is 0 Å².